The van der Waals surface area contributed by atoms with Gasteiger partial charge in [0, 0.05) is 12.5 Å². The fourth-order valence-electron chi connectivity index (χ4n) is 3.51. The summed E-state index contributed by atoms with van der Waals surface area (Å²) in [5, 5.41) is 12.7. The number of aromatic carboxylic acids is 1. The van der Waals surface area contributed by atoms with E-state index in [1.807, 2.05) is 4.57 Å². The van der Waals surface area contributed by atoms with Gasteiger partial charge in [0.15, 0.2) is 5.69 Å². The molecule has 0 aliphatic carbocycles. The minimum atomic E-state index is -0.986. The maximum absolute atomic E-state index is 11.8. The second-order valence-electron chi connectivity index (χ2n) is 5.96. The molecule has 3 rings (SSSR count). The van der Waals surface area contributed by atoms with Gasteiger partial charge in [-0.3, -0.25) is 4.79 Å². The molecule has 0 saturated carbocycles. The van der Waals surface area contributed by atoms with Crippen molar-refractivity contribution in [2.75, 3.05) is 20.2 Å². The number of esters is 1. The molecular formula is C15H21N3O4. The molecule has 2 N–H and O–H groups in total. The number of nitrogens with one attached hydrogen (secondary N) is 1. The quantitative estimate of drug-likeness (QED) is 0.802. The van der Waals surface area contributed by atoms with E-state index in [0.717, 1.165) is 37.4 Å². The van der Waals surface area contributed by atoms with Crippen molar-refractivity contribution in [3.63, 3.8) is 0 Å². The number of ether oxygens (including phenoxy) is 1. The number of rotatable bonds is 3. The summed E-state index contributed by atoms with van der Waals surface area (Å²) in [5.74, 6) is -0.353. The van der Waals surface area contributed by atoms with Crippen molar-refractivity contribution in [1.29, 1.82) is 0 Å². The van der Waals surface area contributed by atoms with E-state index in [-0.39, 0.29) is 23.5 Å². The third kappa shape index (κ3) is 2.61. The number of methoxy groups -OCH3 is 1. The second kappa shape index (κ2) is 6.08. The standard InChI is InChI=1S/C15H21N3O4/c1-22-15(21)10-2-3-11-12(14(19)20)17-13(18(11)8-10)9-4-6-16-7-5-9/h9-10,16H,2-8H2,1H3,(H,19,20). The highest BCUT2D eigenvalue weighted by Gasteiger charge is 2.34. The molecule has 7 nitrogen and oxygen atoms in total. The molecule has 22 heavy (non-hydrogen) atoms. The van der Waals surface area contributed by atoms with E-state index in [4.69, 9.17) is 4.74 Å². The molecule has 1 fully saturated rings. The van der Waals surface area contributed by atoms with Crippen molar-refractivity contribution >= 4 is 11.9 Å². The summed E-state index contributed by atoms with van der Waals surface area (Å²) in [6, 6.07) is 0. The lowest BCUT2D eigenvalue weighted by molar-refractivity contribution is -0.146. The lowest BCUT2D eigenvalue weighted by atomic mass is 9.94. The van der Waals surface area contributed by atoms with Crippen molar-refractivity contribution in [3.05, 3.63) is 17.2 Å². The summed E-state index contributed by atoms with van der Waals surface area (Å²) in [6.07, 6.45) is 3.06. The summed E-state index contributed by atoms with van der Waals surface area (Å²) < 4.78 is 6.81. The zero-order valence-electron chi connectivity index (χ0n) is 12.7. The van der Waals surface area contributed by atoms with Crippen LogP contribution in [0.1, 0.15) is 47.2 Å². The number of nitrogens with zero attached hydrogens (tertiary/aromatic N) is 2. The molecule has 1 unspecified atom stereocenters. The summed E-state index contributed by atoms with van der Waals surface area (Å²) in [6.45, 7) is 2.30. The molecule has 1 aromatic heterocycles. The van der Waals surface area contributed by atoms with E-state index in [0.29, 0.717) is 19.4 Å². The van der Waals surface area contributed by atoms with Gasteiger partial charge in [-0.2, -0.15) is 0 Å². The SMILES string of the molecule is COC(=O)C1CCc2c(C(=O)O)nc(C3CCNCC3)n2C1. The van der Waals surface area contributed by atoms with Crippen LogP contribution in [0.2, 0.25) is 0 Å². The van der Waals surface area contributed by atoms with Crippen LogP contribution in [0.15, 0.2) is 0 Å². The van der Waals surface area contributed by atoms with Gasteiger partial charge < -0.3 is 19.7 Å². The molecule has 2 aliphatic rings. The van der Waals surface area contributed by atoms with E-state index in [9.17, 15) is 14.7 Å². The zero-order chi connectivity index (χ0) is 15.7. The maximum atomic E-state index is 11.8. The minimum absolute atomic E-state index is 0.150. The Labute approximate surface area is 128 Å². The fourth-order valence-corrected chi connectivity index (χ4v) is 3.51. The summed E-state index contributed by atoms with van der Waals surface area (Å²) in [5.41, 5.74) is 0.901. The molecule has 0 bridgehead atoms. The normalized spacial score (nSPS) is 22.1. The van der Waals surface area contributed by atoms with Gasteiger partial charge in [-0.1, -0.05) is 0 Å². The third-order valence-corrected chi connectivity index (χ3v) is 4.68. The van der Waals surface area contributed by atoms with Crippen LogP contribution in [0.5, 0.6) is 0 Å². The van der Waals surface area contributed by atoms with Crippen LogP contribution in [0.25, 0.3) is 0 Å². The molecule has 120 valence electrons. The average molecular weight is 307 g/mol. The van der Waals surface area contributed by atoms with Crippen LogP contribution in [0, 0.1) is 5.92 Å². The Morgan fingerprint density at radius 1 is 1.32 bits per heavy atom. The highest BCUT2D eigenvalue weighted by atomic mass is 16.5. The number of carboxylic acid groups (broad SMARTS) is 1. The van der Waals surface area contributed by atoms with Crippen molar-refractivity contribution in [1.82, 2.24) is 14.9 Å². The van der Waals surface area contributed by atoms with E-state index >= 15 is 0 Å². The molecule has 1 saturated heterocycles. The van der Waals surface area contributed by atoms with E-state index in [1.165, 1.54) is 7.11 Å². The number of imidazole rings is 1. The van der Waals surface area contributed by atoms with Crippen LogP contribution in [-0.4, -0.2) is 46.8 Å². The van der Waals surface area contributed by atoms with Crippen molar-refractivity contribution in [3.8, 4) is 0 Å². The molecule has 0 spiro atoms. The number of hydrogen-bond acceptors (Lipinski definition) is 5. The van der Waals surface area contributed by atoms with Crippen LogP contribution >= 0.6 is 0 Å². The van der Waals surface area contributed by atoms with Crippen LogP contribution in [0.4, 0.5) is 0 Å². The molecule has 3 heterocycles. The topological polar surface area (TPSA) is 93.5 Å². The number of carbonyl (C=O) groups excluding carboxylic acids is 1. The molecule has 1 atom stereocenters. The lowest BCUT2D eigenvalue weighted by Gasteiger charge is -2.27. The fraction of sp³-hybridized carbons (Fsp3) is 0.667. The Kier molecular flexibility index (Phi) is 4.15. The number of piperidine rings is 1. The van der Waals surface area contributed by atoms with Crippen LogP contribution in [0.3, 0.4) is 0 Å². The number of aromatic nitrogens is 2. The average Bonchev–Trinajstić information content (AvgIpc) is 2.94. The molecule has 2 aliphatic heterocycles. The summed E-state index contributed by atoms with van der Waals surface area (Å²) >= 11 is 0. The first-order chi connectivity index (χ1) is 10.6. The van der Waals surface area contributed by atoms with E-state index in [2.05, 4.69) is 10.3 Å². The molecule has 0 aromatic carbocycles. The zero-order valence-corrected chi connectivity index (χ0v) is 12.7. The highest BCUT2D eigenvalue weighted by molar-refractivity contribution is 5.87. The molecule has 0 amide bonds. The number of hydrogen-bond donors (Lipinski definition) is 2. The monoisotopic (exact) mass is 307 g/mol. The van der Waals surface area contributed by atoms with Crippen LogP contribution in [-0.2, 0) is 22.5 Å². The van der Waals surface area contributed by atoms with Gasteiger partial charge in [0.2, 0.25) is 0 Å². The smallest absolute Gasteiger partial charge is 0.356 e. The Bertz CT molecular complexity index is 590. The van der Waals surface area contributed by atoms with Gasteiger partial charge in [0.25, 0.3) is 0 Å². The second-order valence-corrected chi connectivity index (χ2v) is 5.96. The van der Waals surface area contributed by atoms with Crippen molar-refractivity contribution < 1.29 is 19.4 Å². The summed E-state index contributed by atoms with van der Waals surface area (Å²) in [4.78, 5) is 27.7. The maximum Gasteiger partial charge on any atom is 0.356 e. The Balaban J connectivity index is 1.96. The molecular weight excluding hydrogens is 286 g/mol. The number of carbonyl (C=O) groups is 2. The van der Waals surface area contributed by atoms with Gasteiger partial charge in [-0.25, -0.2) is 9.78 Å². The highest BCUT2D eigenvalue weighted by Crippen LogP contribution is 2.32. The Morgan fingerprint density at radius 3 is 2.68 bits per heavy atom. The minimum Gasteiger partial charge on any atom is -0.476 e. The van der Waals surface area contributed by atoms with Crippen molar-refractivity contribution in [2.24, 2.45) is 5.92 Å². The Hall–Kier alpha value is -1.89. The predicted molar refractivity (Wildman–Crippen MR) is 77.9 cm³/mol. The number of fused-ring (bicyclic) bond motifs is 1. The third-order valence-electron chi connectivity index (χ3n) is 4.68. The molecule has 0 radical (unpaired) electrons. The Morgan fingerprint density at radius 2 is 2.05 bits per heavy atom. The van der Waals surface area contributed by atoms with Crippen molar-refractivity contribution in [2.45, 2.75) is 38.1 Å². The van der Waals surface area contributed by atoms with E-state index in [1.54, 1.807) is 0 Å². The summed E-state index contributed by atoms with van der Waals surface area (Å²) in [7, 11) is 1.39. The van der Waals surface area contributed by atoms with Crippen LogP contribution < -0.4 is 5.32 Å². The lowest BCUT2D eigenvalue weighted by Crippen LogP contribution is -2.32. The van der Waals surface area contributed by atoms with E-state index < -0.39 is 5.97 Å². The van der Waals surface area contributed by atoms with Gasteiger partial charge in [-0.05, 0) is 38.8 Å². The predicted octanol–water partition coefficient (Wildman–Crippen LogP) is 0.784. The van der Waals surface area contributed by atoms with Gasteiger partial charge in [0.1, 0.15) is 5.82 Å². The molecule has 7 heteroatoms. The van der Waals surface area contributed by atoms with Gasteiger partial charge in [-0.15, -0.1) is 0 Å². The first kappa shape index (κ1) is 15.0. The van der Waals surface area contributed by atoms with Gasteiger partial charge >= 0.3 is 11.9 Å². The molecule has 1 aromatic rings. The van der Waals surface area contributed by atoms with Gasteiger partial charge in [0.05, 0.1) is 18.7 Å². The largest absolute Gasteiger partial charge is 0.476 e. The first-order valence-electron chi connectivity index (χ1n) is 7.73. The number of carboxylic acids is 1. The first-order valence-corrected chi connectivity index (χ1v) is 7.73.